The lowest BCUT2D eigenvalue weighted by molar-refractivity contribution is -0.605. The third kappa shape index (κ3) is 6.05. The predicted molar refractivity (Wildman–Crippen MR) is 138 cm³/mol. The topological polar surface area (TPSA) is 85.6 Å². The minimum atomic E-state index is -6.37. The minimum Gasteiger partial charge on any atom is -0.619 e. The number of carbonyl (C=O) groups excluding carboxylic acids is 2. The van der Waals surface area contributed by atoms with Crippen molar-refractivity contribution in [2.45, 2.75) is 24.9 Å². The molecule has 0 aliphatic rings. The smallest absolute Gasteiger partial charge is 0.435 e. The van der Waals surface area contributed by atoms with Crippen LogP contribution in [0.1, 0.15) is 33.2 Å². The summed E-state index contributed by atoms with van der Waals surface area (Å²) in [6, 6.07) is 7.01. The van der Waals surface area contributed by atoms with Crippen LogP contribution in [-0.2, 0) is 5.67 Å². The standard InChI is InChI=1S/C25H18BrClF7N3O4/c1-3-37(22(39)13-7-9-36(40)10-8-13)18-6-4-5-15(20(18)41-2)21(38)35-19-16(26)11-14(12-17(19)27)23(28,24(29,30)31)25(32,33)34/h4-12H,3H2,1-2H3,(H,35,38). The minimum absolute atomic E-state index is 0.0920. The number of rotatable bonds is 7. The Morgan fingerprint density at radius 2 is 1.63 bits per heavy atom. The summed E-state index contributed by atoms with van der Waals surface area (Å²) in [5, 5.41) is 12.7. The highest BCUT2D eigenvalue weighted by Gasteiger charge is 2.73. The fraction of sp³-hybridized carbons (Fsp3) is 0.240. The molecule has 1 N–H and O–H groups in total. The number of pyridine rings is 1. The number of aromatic nitrogens is 1. The van der Waals surface area contributed by atoms with Gasteiger partial charge in [-0.25, -0.2) is 4.39 Å². The van der Waals surface area contributed by atoms with Gasteiger partial charge in [-0.05, 0) is 47.1 Å². The van der Waals surface area contributed by atoms with Crippen molar-refractivity contribution in [3.8, 4) is 5.75 Å². The maximum atomic E-state index is 14.5. The Morgan fingerprint density at radius 1 is 1.05 bits per heavy atom. The zero-order valence-electron chi connectivity index (χ0n) is 20.8. The Balaban J connectivity index is 2.02. The van der Waals surface area contributed by atoms with Crippen LogP contribution in [0.15, 0.2) is 59.3 Å². The number of amides is 2. The monoisotopic (exact) mass is 671 g/mol. The lowest BCUT2D eigenvalue weighted by Crippen LogP contribution is -2.50. The van der Waals surface area contributed by atoms with Crippen LogP contribution in [0, 0.1) is 5.21 Å². The van der Waals surface area contributed by atoms with Crippen molar-refractivity contribution in [1.29, 1.82) is 0 Å². The molecule has 16 heteroatoms. The van der Waals surface area contributed by atoms with Gasteiger partial charge in [0.25, 0.3) is 11.8 Å². The number of hydrogen-bond acceptors (Lipinski definition) is 4. The summed E-state index contributed by atoms with van der Waals surface area (Å²) < 4.78 is 99.0. The first-order valence-electron chi connectivity index (χ1n) is 11.3. The van der Waals surface area contributed by atoms with E-state index in [2.05, 4.69) is 21.2 Å². The van der Waals surface area contributed by atoms with Crippen LogP contribution in [0.3, 0.4) is 0 Å². The molecular formula is C25H18BrClF7N3O4. The molecule has 41 heavy (non-hydrogen) atoms. The number of alkyl halides is 7. The number of nitrogens with one attached hydrogen (secondary N) is 1. The molecule has 0 atom stereocenters. The highest BCUT2D eigenvalue weighted by Crippen LogP contribution is 2.54. The van der Waals surface area contributed by atoms with Crippen molar-refractivity contribution in [1.82, 2.24) is 0 Å². The normalized spacial score (nSPS) is 12.2. The number of benzene rings is 2. The summed E-state index contributed by atoms with van der Waals surface area (Å²) in [5.74, 6) is -1.64. The molecule has 1 heterocycles. The summed E-state index contributed by atoms with van der Waals surface area (Å²) in [5.41, 5.74) is -7.97. The molecule has 2 amide bonds. The molecule has 2 aromatic carbocycles. The van der Waals surface area contributed by atoms with E-state index in [0.29, 0.717) is 4.73 Å². The van der Waals surface area contributed by atoms with Crippen molar-refractivity contribution in [2.75, 3.05) is 23.9 Å². The number of hydrogen-bond donors (Lipinski definition) is 1. The Labute approximate surface area is 241 Å². The average molecular weight is 673 g/mol. The van der Waals surface area contributed by atoms with E-state index in [-0.39, 0.29) is 41.2 Å². The molecule has 0 saturated carbocycles. The summed E-state index contributed by atoms with van der Waals surface area (Å²) in [6.45, 7) is 1.72. The van der Waals surface area contributed by atoms with Crippen LogP contribution < -0.4 is 19.7 Å². The Hall–Kier alpha value is -3.59. The zero-order chi connectivity index (χ0) is 30.9. The van der Waals surface area contributed by atoms with Crippen LogP contribution >= 0.6 is 27.5 Å². The number of halogens is 9. The first kappa shape index (κ1) is 31.9. The molecule has 3 rings (SSSR count). The van der Waals surface area contributed by atoms with Crippen LogP contribution in [0.2, 0.25) is 5.02 Å². The van der Waals surface area contributed by atoms with Crippen molar-refractivity contribution in [3.05, 3.63) is 86.3 Å². The number of carbonyl (C=O) groups is 2. The second-order valence-corrected chi connectivity index (χ2v) is 9.54. The van der Waals surface area contributed by atoms with E-state index in [9.17, 15) is 45.5 Å². The lowest BCUT2D eigenvalue weighted by atomic mass is 9.94. The largest absolute Gasteiger partial charge is 0.619 e. The van der Waals surface area contributed by atoms with Crippen LogP contribution in [0.5, 0.6) is 5.75 Å². The molecule has 220 valence electrons. The van der Waals surface area contributed by atoms with E-state index in [1.807, 2.05) is 0 Å². The van der Waals surface area contributed by atoms with Crippen molar-refractivity contribution in [2.24, 2.45) is 0 Å². The molecule has 3 aromatic rings. The summed E-state index contributed by atoms with van der Waals surface area (Å²) >= 11 is 8.67. The van der Waals surface area contributed by atoms with Crippen LogP contribution in [0.4, 0.5) is 42.1 Å². The summed E-state index contributed by atoms with van der Waals surface area (Å²) in [6.07, 6.45) is -10.5. The molecule has 7 nitrogen and oxygen atoms in total. The van der Waals surface area contributed by atoms with E-state index >= 15 is 0 Å². The third-order valence-corrected chi connectivity index (χ3v) is 6.73. The first-order chi connectivity index (χ1) is 19.0. The van der Waals surface area contributed by atoms with Crippen LogP contribution in [0.25, 0.3) is 0 Å². The highest BCUT2D eigenvalue weighted by molar-refractivity contribution is 9.10. The number of para-hydroxylation sites is 1. The van der Waals surface area contributed by atoms with Gasteiger partial charge in [0, 0.05) is 28.7 Å². The maximum absolute atomic E-state index is 14.5. The number of ether oxygens (including phenoxy) is 1. The van der Waals surface area contributed by atoms with Gasteiger partial charge in [-0.15, -0.1) is 0 Å². The number of nitrogens with zero attached hydrogens (tertiary/aromatic N) is 2. The molecule has 0 radical (unpaired) electrons. The molecule has 0 fully saturated rings. The SMILES string of the molecule is CCN(C(=O)c1cc[n+]([O-])cc1)c1cccc(C(=O)Nc2c(Cl)cc(C(F)(C(F)(F)F)C(F)(F)F)cc2Br)c1OC. The Morgan fingerprint density at radius 3 is 2.12 bits per heavy atom. The van der Waals surface area contributed by atoms with Gasteiger partial charge in [0.1, 0.15) is 0 Å². The van der Waals surface area contributed by atoms with Gasteiger partial charge in [0.2, 0.25) is 0 Å². The summed E-state index contributed by atoms with van der Waals surface area (Å²) in [4.78, 5) is 27.6. The molecule has 0 aliphatic heterocycles. The third-order valence-electron chi connectivity index (χ3n) is 5.80. The van der Waals surface area contributed by atoms with Crippen molar-refractivity contribution in [3.63, 3.8) is 0 Å². The predicted octanol–water partition coefficient (Wildman–Crippen LogP) is 6.95. The van der Waals surface area contributed by atoms with E-state index < -0.39 is 50.6 Å². The molecule has 0 spiro atoms. The molecule has 0 saturated heterocycles. The van der Waals surface area contributed by atoms with Gasteiger partial charge in [0.05, 0.1) is 34.6 Å². The lowest BCUT2D eigenvalue weighted by Gasteiger charge is -2.30. The Bertz CT molecular complexity index is 1430. The Kier molecular flexibility index (Phi) is 9.13. The van der Waals surface area contributed by atoms with Crippen molar-refractivity contribution >= 4 is 50.7 Å². The second-order valence-electron chi connectivity index (χ2n) is 8.28. The molecule has 0 unspecified atom stereocenters. The first-order valence-corrected chi connectivity index (χ1v) is 12.5. The molecule has 1 aromatic heterocycles. The van der Waals surface area contributed by atoms with E-state index in [1.54, 1.807) is 6.92 Å². The van der Waals surface area contributed by atoms with Gasteiger partial charge in [0.15, 0.2) is 18.1 Å². The second kappa shape index (κ2) is 11.7. The van der Waals surface area contributed by atoms with Gasteiger partial charge in [-0.1, -0.05) is 17.7 Å². The van der Waals surface area contributed by atoms with E-state index in [4.69, 9.17) is 16.3 Å². The molecule has 0 bridgehead atoms. The number of methoxy groups -OCH3 is 1. The zero-order valence-corrected chi connectivity index (χ0v) is 23.2. The van der Waals surface area contributed by atoms with Gasteiger partial charge >= 0.3 is 18.0 Å². The van der Waals surface area contributed by atoms with Crippen molar-refractivity contribution < 1.29 is 49.8 Å². The highest BCUT2D eigenvalue weighted by atomic mass is 79.9. The molecular weight excluding hydrogens is 655 g/mol. The maximum Gasteiger partial charge on any atom is 0.435 e. The fourth-order valence-electron chi connectivity index (χ4n) is 3.83. The fourth-order valence-corrected chi connectivity index (χ4v) is 4.77. The van der Waals surface area contributed by atoms with Gasteiger partial charge in [-0.2, -0.15) is 31.1 Å². The van der Waals surface area contributed by atoms with E-state index in [1.165, 1.54) is 42.3 Å². The molecule has 0 aliphatic carbocycles. The van der Waals surface area contributed by atoms with E-state index in [0.717, 1.165) is 12.4 Å². The quantitative estimate of drug-likeness (QED) is 0.167. The van der Waals surface area contributed by atoms with Gasteiger partial charge < -0.3 is 20.2 Å². The average Bonchev–Trinajstić information content (AvgIpc) is 2.89. The number of anilines is 2. The van der Waals surface area contributed by atoms with Gasteiger partial charge in [-0.3, -0.25) is 9.59 Å². The van der Waals surface area contributed by atoms with Crippen LogP contribution in [-0.4, -0.2) is 37.8 Å². The summed E-state index contributed by atoms with van der Waals surface area (Å²) in [7, 11) is 1.20.